The Labute approximate surface area is 209 Å². The van der Waals surface area contributed by atoms with Gasteiger partial charge in [0, 0.05) is 23.9 Å². The van der Waals surface area contributed by atoms with E-state index in [2.05, 4.69) is 40.3 Å². The number of nitrogens with one attached hydrogen (secondary N) is 1. The van der Waals surface area contributed by atoms with Crippen LogP contribution in [0.15, 0.2) is 60.0 Å². The number of carbonyl (C=O) groups excluding carboxylic acids is 1. The van der Waals surface area contributed by atoms with Crippen LogP contribution in [0.25, 0.3) is 27.8 Å². The molecule has 0 atom stereocenters. The van der Waals surface area contributed by atoms with Gasteiger partial charge in [0.25, 0.3) is 5.91 Å². The van der Waals surface area contributed by atoms with Crippen LogP contribution in [-0.2, 0) is 11.3 Å². The second-order valence-electron chi connectivity index (χ2n) is 8.91. The largest absolute Gasteiger partial charge is 0.305 e. The minimum absolute atomic E-state index is 0.208. The number of hydrogen-bond acceptors (Lipinski definition) is 5. The number of allylic oxidation sites excluding steroid dienone is 2. The van der Waals surface area contributed by atoms with Gasteiger partial charge >= 0.3 is 0 Å². The third kappa shape index (κ3) is 4.42. The molecule has 0 unspecified atom stereocenters. The molecule has 5 rings (SSSR count). The zero-order valence-electron chi connectivity index (χ0n) is 20.8. The van der Waals surface area contributed by atoms with E-state index in [4.69, 9.17) is 4.98 Å². The Morgan fingerprint density at radius 3 is 2.78 bits per heavy atom. The van der Waals surface area contributed by atoms with Crippen LogP contribution < -0.4 is 5.32 Å². The van der Waals surface area contributed by atoms with E-state index in [1.54, 1.807) is 15.4 Å². The molecule has 1 aliphatic carbocycles. The number of likely N-dealkylation sites (N-methyl/N-ethyl adjacent to an activating group) is 1. The average Bonchev–Trinajstić information content (AvgIpc) is 3.45. The molecule has 1 amide bonds. The Bertz CT molecular complexity index is 1490. The minimum Gasteiger partial charge on any atom is -0.305 e. The van der Waals surface area contributed by atoms with Crippen LogP contribution in [0, 0.1) is 5.82 Å². The highest BCUT2D eigenvalue weighted by Gasteiger charge is 2.22. The van der Waals surface area contributed by atoms with Crippen molar-refractivity contribution >= 4 is 28.3 Å². The molecule has 0 bridgehead atoms. The molecule has 4 heterocycles. The molecule has 36 heavy (non-hydrogen) atoms. The standard InChI is InChI=1S/C27H30FN7O/c1-4-33(5-2)14-15-35-26-20(25(32-35)31-27(36)19-11-7-6-10-18(19)3)16-22(28)24(30-26)21-17-29-34-13-9-8-12-23(21)34/h8-13,16-17H,4-7,14-15H2,1-3H3,(H,31,32,36). The van der Waals surface area contributed by atoms with Crippen LogP contribution in [0.5, 0.6) is 0 Å². The summed E-state index contributed by atoms with van der Waals surface area (Å²) in [5, 5.41) is 12.4. The zero-order valence-corrected chi connectivity index (χ0v) is 20.8. The zero-order chi connectivity index (χ0) is 25.2. The quantitative estimate of drug-likeness (QED) is 0.385. The monoisotopic (exact) mass is 487 g/mol. The molecule has 0 spiro atoms. The molecule has 0 radical (unpaired) electrons. The summed E-state index contributed by atoms with van der Waals surface area (Å²) in [6.07, 6.45) is 9.17. The minimum atomic E-state index is -0.493. The van der Waals surface area contributed by atoms with Gasteiger partial charge in [0.05, 0.1) is 23.6 Å². The molecule has 4 aromatic heterocycles. The van der Waals surface area contributed by atoms with Crippen molar-refractivity contribution in [2.24, 2.45) is 0 Å². The summed E-state index contributed by atoms with van der Waals surface area (Å²) >= 11 is 0. The van der Waals surface area contributed by atoms with Crippen molar-refractivity contribution in [1.82, 2.24) is 29.3 Å². The highest BCUT2D eigenvalue weighted by atomic mass is 19.1. The van der Waals surface area contributed by atoms with E-state index in [0.717, 1.165) is 43.6 Å². The third-order valence-electron chi connectivity index (χ3n) is 6.75. The highest BCUT2D eigenvalue weighted by molar-refractivity contribution is 6.09. The molecular formula is C27H30FN7O. The van der Waals surface area contributed by atoms with Gasteiger partial charge in [-0.2, -0.15) is 10.2 Å². The van der Waals surface area contributed by atoms with Gasteiger partial charge in [0.1, 0.15) is 5.69 Å². The predicted octanol–water partition coefficient (Wildman–Crippen LogP) is 4.83. The smallest absolute Gasteiger partial charge is 0.256 e. The number of carbonyl (C=O) groups is 1. The summed E-state index contributed by atoms with van der Waals surface area (Å²) in [5.74, 6) is -0.425. The van der Waals surface area contributed by atoms with E-state index < -0.39 is 5.82 Å². The lowest BCUT2D eigenvalue weighted by molar-refractivity contribution is -0.112. The molecule has 8 nitrogen and oxygen atoms in total. The van der Waals surface area contributed by atoms with Crippen molar-refractivity contribution < 1.29 is 9.18 Å². The number of halogens is 1. The lowest BCUT2D eigenvalue weighted by atomic mass is 9.98. The average molecular weight is 488 g/mol. The van der Waals surface area contributed by atoms with Crippen LogP contribution in [0.2, 0.25) is 0 Å². The fourth-order valence-electron chi connectivity index (χ4n) is 4.65. The predicted molar refractivity (Wildman–Crippen MR) is 139 cm³/mol. The first-order valence-electron chi connectivity index (χ1n) is 12.4. The van der Waals surface area contributed by atoms with E-state index in [1.165, 1.54) is 6.07 Å². The number of aromatic nitrogens is 5. The third-order valence-corrected chi connectivity index (χ3v) is 6.75. The molecule has 0 saturated heterocycles. The van der Waals surface area contributed by atoms with Crippen molar-refractivity contribution in [2.75, 3.05) is 25.0 Å². The van der Waals surface area contributed by atoms with Crippen molar-refractivity contribution in [3.05, 3.63) is 65.8 Å². The van der Waals surface area contributed by atoms with E-state index in [1.807, 2.05) is 37.4 Å². The van der Waals surface area contributed by atoms with E-state index in [0.29, 0.717) is 34.5 Å². The number of anilines is 1. The molecule has 4 aromatic rings. The van der Waals surface area contributed by atoms with Gasteiger partial charge < -0.3 is 10.2 Å². The molecule has 0 saturated carbocycles. The summed E-state index contributed by atoms with van der Waals surface area (Å²) < 4.78 is 19.0. The number of nitrogens with zero attached hydrogens (tertiary/aromatic N) is 6. The van der Waals surface area contributed by atoms with Crippen LogP contribution in [0.3, 0.4) is 0 Å². The van der Waals surface area contributed by atoms with Gasteiger partial charge in [0.2, 0.25) is 0 Å². The summed E-state index contributed by atoms with van der Waals surface area (Å²) in [7, 11) is 0. The van der Waals surface area contributed by atoms with Crippen LogP contribution in [0.4, 0.5) is 10.2 Å². The summed E-state index contributed by atoms with van der Waals surface area (Å²) in [5.41, 5.74) is 3.66. The maximum absolute atomic E-state index is 15.5. The molecule has 0 aromatic carbocycles. The van der Waals surface area contributed by atoms with Crippen molar-refractivity contribution in [2.45, 2.75) is 40.2 Å². The van der Waals surface area contributed by atoms with E-state index in [-0.39, 0.29) is 11.6 Å². The Hall–Kier alpha value is -3.85. The lowest BCUT2D eigenvalue weighted by Crippen LogP contribution is -2.27. The number of fused-ring (bicyclic) bond motifs is 2. The number of pyridine rings is 2. The Kier molecular flexibility index (Phi) is 6.65. The number of hydrogen-bond donors (Lipinski definition) is 1. The Morgan fingerprint density at radius 2 is 2.00 bits per heavy atom. The molecule has 1 aliphatic rings. The van der Waals surface area contributed by atoms with Gasteiger partial charge in [-0.15, -0.1) is 0 Å². The van der Waals surface area contributed by atoms with Gasteiger partial charge in [-0.05, 0) is 56.6 Å². The highest BCUT2D eigenvalue weighted by Crippen LogP contribution is 2.31. The number of rotatable bonds is 8. The van der Waals surface area contributed by atoms with Crippen molar-refractivity contribution in [1.29, 1.82) is 0 Å². The topological polar surface area (TPSA) is 80.4 Å². The molecule has 1 N–H and O–H groups in total. The molecular weight excluding hydrogens is 457 g/mol. The molecule has 9 heteroatoms. The SMILES string of the molecule is CCN(CC)CCn1nc(NC(=O)C2=CCCC=C2C)c2cc(F)c(-c3cnn4ccccc34)nc21. The summed E-state index contributed by atoms with van der Waals surface area (Å²) in [6, 6.07) is 7.05. The summed E-state index contributed by atoms with van der Waals surface area (Å²) in [6.45, 7) is 9.29. The van der Waals surface area contributed by atoms with Gasteiger partial charge in [-0.25, -0.2) is 18.6 Å². The maximum Gasteiger partial charge on any atom is 0.256 e. The second-order valence-corrected chi connectivity index (χ2v) is 8.91. The maximum atomic E-state index is 15.5. The van der Waals surface area contributed by atoms with Gasteiger partial charge in [-0.1, -0.05) is 32.1 Å². The first-order chi connectivity index (χ1) is 17.5. The van der Waals surface area contributed by atoms with E-state index in [9.17, 15) is 4.79 Å². The molecule has 186 valence electrons. The van der Waals surface area contributed by atoms with E-state index >= 15 is 4.39 Å². The normalized spacial score (nSPS) is 13.9. The fraction of sp³-hybridized carbons (Fsp3) is 0.333. The van der Waals surface area contributed by atoms with Crippen LogP contribution in [0.1, 0.15) is 33.6 Å². The Morgan fingerprint density at radius 1 is 1.19 bits per heavy atom. The second kappa shape index (κ2) is 10.0. The Balaban J connectivity index is 1.58. The van der Waals surface area contributed by atoms with Crippen molar-refractivity contribution in [3.63, 3.8) is 0 Å². The lowest BCUT2D eigenvalue weighted by Gasteiger charge is -2.17. The van der Waals surface area contributed by atoms with Crippen LogP contribution >= 0.6 is 0 Å². The summed E-state index contributed by atoms with van der Waals surface area (Å²) in [4.78, 5) is 20.1. The first-order valence-corrected chi connectivity index (χ1v) is 12.4. The number of amides is 1. The van der Waals surface area contributed by atoms with Crippen molar-refractivity contribution in [3.8, 4) is 11.3 Å². The molecule has 0 aliphatic heterocycles. The molecule has 0 fully saturated rings. The fourth-order valence-corrected chi connectivity index (χ4v) is 4.65. The van der Waals surface area contributed by atoms with Gasteiger partial charge in [-0.3, -0.25) is 4.79 Å². The van der Waals surface area contributed by atoms with Crippen LogP contribution in [-0.4, -0.2) is 54.8 Å². The van der Waals surface area contributed by atoms with Gasteiger partial charge in [0.15, 0.2) is 17.3 Å². The first kappa shape index (κ1) is 23.9.